The highest BCUT2D eigenvalue weighted by atomic mass is 32.2. The quantitative estimate of drug-likeness (QED) is 0.618. The van der Waals surface area contributed by atoms with E-state index in [1.807, 2.05) is 37.8 Å². The SMILES string of the molecule is CCN1/C(=C/C=c2/s/c(=C3\SC(=S)N(CC(=O)O)C3=O)n(CC)c2=O)Oc2ccc(C)cc21. The first-order chi connectivity index (χ1) is 15.7. The number of ether oxygens (including phenoxy) is 1. The Kier molecular flexibility index (Phi) is 6.46. The number of carboxylic acid groups (broad SMARTS) is 1. The van der Waals surface area contributed by atoms with Crippen LogP contribution in [0.4, 0.5) is 5.69 Å². The first-order valence-electron chi connectivity index (χ1n) is 10.2. The lowest BCUT2D eigenvalue weighted by Crippen LogP contribution is -2.35. The van der Waals surface area contributed by atoms with Gasteiger partial charge >= 0.3 is 5.97 Å². The van der Waals surface area contributed by atoms with Crippen LogP contribution in [-0.4, -0.2) is 43.9 Å². The van der Waals surface area contributed by atoms with Crippen LogP contribution in [0.3, 0.4) is 0 Å². The van der Waals surface area contributed by atoms with E-state index in [1.54, 1.807) is 12.2 Å². The molecule has 2 aromatic rings. The van der Waals surface area contributed by atoms with E-state index in [0.717, 1.165) is 33.7 Å². The number of carbonyl (C=O) groups excluding carboxylic acids is 1. The summed E-state index contributed by atoms with van der Waals surface area (Å²) in [5.41, 5.74) is 1.87. The Labute approximate surface area is 203 Å². The summed E-state index contributed by atoms with van der Waals surface area (Å²) in [6.45, 7) is 6.41. The van der Waals surface area contributed by atoms with Crippen molar-refractivity contribution in [3.63, 3.8) is 0 Å². The lowest BCUT2D eigenvalue weighted by atomic mass is 10.2. The summed E-state index contributed by atoms with van der Waals surface area (Å²) in [7, 11) is 0. The predicted octanol–water partition coefficient (Wildman–Crippen LogP) is 1.83. The van der Waals surface area contributed by atoms with Crippen LogP contribution in [-0.2, 0) is 16.1 Å². The molecule has 1 amide bonds. The minimum atomic E-state index is -1.15. The summed E-state index contributed by atoms with van der Waals surface area (Å²) >= 11 is 7.38. The normalized spacial score (nSPS) is 19.0. The van der Waals surface area contributed by atoms with Gasteiger partial charge in [-0.05, 0) is 44.5 Å². The zero-order valence-electron chi connectivity index (χ0n) is 18.2. The van der Waals surface area contributed by atoms with Crippen LogP contribution in [0.15, 0.2) is 35.0 Å². The van der Waals surface area contributed by atoms with E-state index in [2.05, 4.69) is 6.07 Å². The molecule has 1 N–H and O–H groups in total. The highest BCUT2D eigenvalue weighted by molar-refractivity contribution is 8.30. The number of aliphatic carboxylic acids is 1. The molecule has 0 saturated carbocycles. The zero-order chi connectivity index (χ0) is 23.9. The molecule has 3 heterocycles. The lowest BCUT2D eigenvalue weighted by molar-refractivity contribution is -0.140. The Bertz CT molecular complexity index is 1390. The van der Waals surface area contributed by atoms with E-state index in [0.29, 0.717) is 28.2 Å². The van der Waals surface area contributed by atoms with Gasteiger partial charge in [-0.15, -0.1) is 11.3 Å². The van der Waals surface area contributed by atoms with Crippen LogP contribution in [0.2, 0.25) is 0 Å². The third-order valence-corrected chi connectivity index (χ3v) is 7.86. The number of hydrogen-bond donors (Lipinski definition) is 1. The second kappa shape index (κ2) is 9.16. The Balaban J connectivity index is 1.78. The number of anilines is 1. The minimum absolute atomic E-state index is 0.166. The fraction of sp³-hybridized carbons (Fsp3) is 0.273. The standard InChI is InChI=1S/C22H21N3O5S3/c1-4-23-13-10-12(3)6-7-14(13)30-16(23)9-8-15-19(28)24(5-2)21(32-15)18-20(29)25(11-17(26)27)22(31)33-18/h6-10H,4-5,11H2,1-3H3,(H,26,27)/b15-8+,16-9-,21-18-. The molecule has 0 radical (unpaired) electrons. The summed E-state index contributed by atoms with van der Waals surface area (Å²) in [5, 5.41) is 9.06. The van der Waals surface area contributed by atoms with Crippen molar-refractivity contribution in [2.75, 3.05) is 18.0 Å². The first-order valence-corrected chi connectivity index (χ1v) is 12.3. The smallest absolute Gasteiger partial charge is 0.323 e. The number of allylic oxidation sites excluding steroid dienone is 1. The third-order valence-electron chi connectivity index (χ3n) is 5.14. The van der Waals surface area contributed by atoms with Crippen molar-refractivity contribution in [1.29, 1.82) is 0 Å². The topological polar surface area (TPSA) is 92.1 Å². The van der Waals surface area contributed by atoms with Gasteiger partial charge in [-0.1, -0.05) is 30.0 Å². The molecule has 4 rings (SSSR count). The maximum absolute atomic E-state index is 13.0. The number of carbonyl (C=O) groups is 2. The zero-order valence-corrected chi connectivity index (χ0v) is 20.6. The number of aryl methyl sites for hydroxylation is 1. The predicted molar refractivity (Wildman–Crippen MR) is 134 cm³/mol. The highest BCUT2D eigenvalue weighted by Gasteiger charge is 2.35. The number of thiazole rings is 1. The molecule has 11 heteroatoms. The van der Waals surface area contributed by atoms with E-state index in [9.17, 15) is 14.4 Å². The monoisotopic (exact) mass is 503 g/mol. The molecule has 33 heavy (non-hydrogen) atoms. The average Bonchev–Trinajstić information content (AvgIpc) is 3.37. The van der Waals surface area contributed by atoms with Crippen LogP contribution in [0, 0.1) is 6.92 Å². The van der Waals surface area contributed by atoms with Crippen LogP contribution >= 0.6 is 35.3 Å². The van der Waals surface area contributed by atoms with Crippen LogP contribution in [0.5, 0.6) is 5.75 Å². The fourth-order valence-corrected chi connectivity index (χ4v) is 6.12. The molecule has 0 atom stereocenters. The number of benzene rings is 1. The molecule has 1 fully saturated rings. The molecule has 0 unspecified atom stereocenters. The second-order valence-electron chi connectivity index (χ2n) is 7.29. The number of amides is 1. The first kappa shape index (κ1) is 23.3. The molecule has 1 saturated heterocycles. The lowest BCUT2D eigenvalue weighted by Gasteiger charge is -2.15. The Morgan fingerprint density at radius 1 is 1.18 bits per heavy atom. The van der Waals surface area contributed by atoms with Gasteiger partial charge < -0.3 is 14.7 Å². The van der Waals surface area contributed by atoms with Gasteiger partial charge in [0.05, 0.1) is 10.2 Å². The van der Waals surface area contributed by atoms with Crippen molar-refractivity contribution in [3.05, 3.63) is 55.3 Å². The number of nitrogens with zero attached hydrogens (tertiary/aromatic N) is 3. The number of carboxylic acids is 1. The number of aromatic nitrogens is 1. The molecule has 0 aliphatic carbocycles. The minimum Gasteiger partial charge on any atom is -0.480 e. The van der Waals surface area contributed by atoms with Gasteiger partial charge in [0.1, 0.15) is 20.4 Å². The van der Waals surface area contributed by atoms with E-state index in [1.165, 1.54) is 15.9 Å². The number of thiocarbonyl (C=S) groups is 1. The summed E-state index contributed by atoms with van der Waals surface area (Å²) in [6, 6.07) is 5.96. The van der Waals surface area contributed by atoms with Crippen LogP contribution in [0.25, 0.3) is 11.0 Å². The van der Waals surface area contributed by atoms with Gasteiger partial charge in [0, 0.05) is 19.2 Å². The van der Waals surface area contributed by atoms with E-state index in [4.69, 9.17) is 22.1 Å². The van der Waals surface area contributed by atoms with Gasteiger partial charge in [-0.25, -0.2) is 0 Å². The molecule has 2 aliphatic heterocycles. The van der Waals surface area contributed by atoms with Gasteiger partial charge in [0.15, 0.2) is 5.75 Å². The molecular weight excluding hydrogens is 482 g/mol. The highest BCUT2D eigenvalue weighted by Crippen LogP contribution is 2.39. The van der Waals surface area contributed by atoms with Gasteiger partial charge in [0.2, 0.25) is 5.88 Å². The van der Waals surface area contributed by atoms with Crippen molar-refractivity contribution >= 4 is 68.2 Å². The van der Waals surface area contributed by atoms with E-state index < -0.39 is 18.4 Å². The Morgan fingerprint density at radius 3 is 2.61 bits per heavy atom. The Morgan fingerprint density at radius 2 is 1.94 bits per heavy atom. The van der Waals surface area contributed by atoms with Gasteiger partial charge in [-0.3, -0.25) is 23.9 Å². The van der Waals surface area contributed by atoms with Gasteiger partial charge in [-0.2, -0.15) is 0 Å². The number of rotatable bonds is 5. The number of thioether (sulfide) groups is 1. The van der Waals surface area contributed by atoms with Crippen molar-refractivity contribution in [2.45, 2.75) is 27.3 Å². The van der Waals surface area contributed by atoms with E-state index >= 15 is 0 Å². The van der Waals surface area contributed by atoms with Crippen molar-refractivity contribution < 1.29 is 19.4 Å². The van der Waals surface area contributed by atoms with Crippen molar-refractivity contribution in [2.24, 2.45) is 0 Å². The molecule has 172 valence electrons. The summed E-state index contributed by atoms with van der Waals surface area (Å²) in [6.07, 6.45) is 3.45. The number of hydrogen-bond acceptors (Lipinski definition) is 8. The summed E-state index contributed by atoms with van der Waals surface area (Å²) in [4.78, 5) is 40.2. The molecule has 1 aromatic carbocycles. The summed E-state index contributed by atoms with van der Waals surface area (Å²) < 4.78 is 8.56. The largest absolute Gasteiger partial charge is 0.480 e. The number of fused-ring (bicyclic) bond motifs is 1. The maximum Gasteiger partial charge on any atom is 0.323 e. The molecule has 0 spiro atoms. The molecule has 2 aliphatic rings. The molecule has 8 nitrogen and oxygen atoms in total. The van der Waals surface area contributed by atoms with E-state index in [-0.39, 0.29) is 14.8 Å². The molecular formula is C22H21N3O5S3. The summed E-state index contributed by atoms with van der Waals surface area (Å²) in [5.74, 6) is -0.276. The second-order valence-corrected chi connectivity index (χ2v) is 9.97. The van der Waals surface area contributed by atoms with Gasteiger partial charge in [0.25, 0.3) is 11.5 Å². The van der Waals surface area contributed by atoms with Crippen LogP contribution in [0.1, 0.15) is 19.4 Å². The molecule has 1 aromatic heterocycles. The maximum atomic E-state index is 13.0. The average molecular weight is 504 g/mol. The Hall–Kier alpha value is -2.89. The fourth-order valence-electron chi connectivity index (χ4n) is 3.60. The van der Waals surface area contributed by atoms with Crippen molar-refractivity contribution in [1.82, 2.24) is 9.47 Å². The third kappa shape index (κ3) is 4.23. The van der Waals surface area contributed by atoms with Crippen molar-refractivity contribution in [3.8, 4) is 5.75 Å². The molecule has 0 bridgehead atoms. The van der Waals surface area contributed by atoms with Crippen LogP contribution < -0.4 is 24.4 Å².